The van der Waals surface area contributed by atoms with Crippen LogP contribution in [0.1, 0.15) is 5.56 Å². The molecular formula is C8H7NO2. The molecule has 11 heavy (non-hydrogen) atoms. The third-order valence-corrected chi connectivity index (χ3v) is 1.61. The second-order valence-corrected chi connectivity index (χ2v) is 2.32. The third-order valence-electron chi connectivity index (χ3n) is 1.61. The summed E-state index contributed by atoms with van der Waals surface area (Å²) in [6.45, 7) is 0.774. The van der Waals surface area contributed by atoms with Crippen LogP contribution >= 0.6 is 0 Å². The van der Waals surface area contributed by atoms with Gasteiger partial charge in [0, 0.05) is 6.54 Å². The molecule has 0 atom stereocenters. The van der Waals surface area contributed by atoms with Crippen molar-refractivity contribution in [1.82, 2.24) is 0 Å². The fourth-order valence-electron chi connectivity index (χ4n) is 1.08. The van der Waals surface area contributed by atoms with Crippen molar-refractivity contribution in [3.63, 3.8) is 0 Å². The van der Waals surface area contributed by atoms with E-state index in [4.69, 9.17) is 0 Å². The monoisotopic (exact) mass is 149 g/mol. The van der Waals surface area contributed by atoms with Gasteiger partial charge in [0.15, 0.2) is 0 Å². The van der Waals surface area contributed by atoms with E-state index < -0.39 is 0 Å². The van der Waals surface area contributed by atoms with E-state index in [0.717, 1.165) is 12.2 Å². The molecule has 1 aromatic rings. The van der Waals surface area contributed by atoms with E-state index >= 15 is 0 Å². The van der Waals surface area contributed by atoms with Crippen molar-refractivity contribution in [3.8, 4) is 0 Å². The van der Waals surface area contributed by atoms with E-state index in [1.807, 2.05) is 6.08 Å². The summed E-state index contributed by atoms with van der Waals surface area (Å²) in [6, 6.07) is 1.75. The number of anilines is 1. The lowest BCUT2D eigenvalue weighted by molar-refractivity contribution is 0.509. The van der Waals surface area contributed by atoms with Crippen LogP contribution in [-0.2, 0) is 0 Å². The Kier molecular flexibility index (Phi) is 1.28. The minimum Gasteiger partial charge on any atom is -0.431 e. The lowest BCUT2D eigenvalue weighted by atomic mass is 10.2. The van der Waals surface area contributed by atoms with E-state index in [9.17, 15) is 4.79 Å². The van der Waals surface area contributed by atoms with Gasteiger partial charge < -0.3 is 9.73 Å². The van der Waals surface area contributed by atoms with Crippen molar-refractivity contribution in [1.29, 1.82) is 0 Å². The fourth-order valence-corrected chi connectivity index (χ4v) is 1.08. The van der Waals surface area contributed by atoms with Crippen LogP contribution in [0.3, 0.4) is 0 Å². The summed E-state index contributed by atoms with van der Waals surface area (Å²) < 4.78 is 4.68. The van der Waals surface area contributed by atoms with Crippen molar-refractivity contribution in [2.45, 2.75) is 0 Å². The Morgan fingerprint density at radius 1 is 1.55 bits per heavy atom. The Labute approximate surface area is 63.3 Å². The summed E-state index contributed by atoms with van der Waals surface area (Å²) in [5.74, 6) is 0. The lowest BCUT2D eigenvalue weighted by Gasteiger charge is -2.09. The topological polar surface area (TPSA) is 42.2 Å². The minimum absolute atomic E-state index is 0.286. The predicted molar refractivity (Wildman–Crippen MR) is 42.5 cm³/mol. The van der Waals surface area contributed by atoms with Gasteiger partial charge in [-0.2, -0.15) is 0 Å². The molecule has 0 unspecified atom stereocenters. The molecule has 0 aromatic carbocycles. The van der Waals surface area contributed by atoms with E-state index in [1.165, 1.54) is 6.26 Å². The summed E-state index contributed by atoms with van der Waals surface area (Å²) in [5.41, 5.74) is 1.17. The van der Waals surface area contributed by atoms with Crippen molar-refractivity contribution in [3.05, 3.63) is 34.4 Å². The number of hydrogen-bond donors (Lipinski definition) is 1. The molecular weight excluding hydrogens is 142 g/mol. The first-order valence-electron chi connectivity index (χ1n) is 3.40. The SMILES string of the molecule is O=c1occc2c1C=CCN2. The normalized spacial score (nSPS) is 13.8. The molecule has 0 aliphatic carbocycles. The van der Waals surface area contributed by atoms with Gasteiger partial charge >= 0.3 is 5.63 Å². The Bertz CT molecular complexity index is 351. The summed E-state index contributed by atoms with van der Waals surface area (Å²) in [6.07, 6.45) is 5.06. The average molecular weight is 149 g/mol. The van der Waals surface area contributed by atoms with E-state index in [0.29, 0.717) is 5.56 Å². The predicted octanol–water partition coefficient (Wildman–Crippen LogP) is 1.08. The van der Waals surface area contributed by atoms with Crippen LogP contribution in [0.5, 0.6) is 0 Å². The molecule has 1 N–H and O–H groups in total. The standard InChI is InChI=1S/C8H7NO2/c10-8-6-2-1-4-9-7(6)3-5-11-8/h1-3,5,9H,4H2. The van der Waals surface area contributed by atoms with Gasteiger partial charge in [-0.15, -0.1) is 0 Å². The molecule has 1 aliphatic rings. The molecule has 2 heterocycles. The van der Waals surface area contributed by atoms with Gasteiger partial charge in [0.1, 0.15) is 0 Å². The highest BCUT2D eigenvalue weighted by Gasteiger charge is 2.06. The highest BCUT2D eigenvalue weighted by atomic mass is 16.4. The maximum atomic E-state index is 11.0. The molecule has 3 nitrogen and oxygen atoms in total. The van der Waals surface area contributed by atoms with E-state index in [1.54, 1.807) is 12.1 Å². The molecule has 1 aliphatic heterocycles. The second-order valence-electron chi connectivity index (χ2n) is 2.32. The quantitative estimate of drug-likeness (QED) is 0.600. The maximum Gasteiger partial charge on any atom is 0.345 e. The third kappa shape index (κ3) is 0.941. The molecule has 0 fully saturated rings. The largest absolute Gasteiger partial charge is 0.431 e. The lowest BCUT2D eigenvalue weighted by Crippen LogP contribution is -2.12. The van der Waals surface area contributed by atoms with Gasteiger partial charge in [0.2, 0.25) is 0 Å². The Morgan fingerprint density at radius 3 is 3.27 bits per heavy atom. The van der Waals surface area contributed by atoms with Crippen LogP contribution < -0.4 is 10.9 Å². The molecule has 0 radical (unpaired) electrons. The van der Waals surface area contributed by atoms with Crippen LogP contribution in [0.25, 0.3) is 6.08 Å². The molecule has 0 spiro atoms. The molecule has 0 saturated carbocycles. The Hall–Kier alpha value is -1.51. The summed E-state index contributed by atoms with van der Waals surface area (Å²) >= 11 is 0. The number of hydrogen-bond acceptors (Lipinski definition) is 3. The highest BCUT2D eigenvalue weighted by Crippen LogP contribution is 2.15. The Morgan fingerprint density at radius 2 is 2.45 bits per heavy atom. The smallest absolute Gasteiger partial charge is 0.345 e. The zero-order chi connectivity index (χ0) is 7.68. The van der Waals surface area contributed by atoms with E-state index in [-0.39, 0.29) is 5.63 Å². The first-order chi connectivity index (χ1) is 5.38. The fraction of sp³-hybridized carbons (Fsp3) is 0.125. The first kappa shape index (κ1) is 6.22. The zero-order valence-corrected chi connectivity index (χ0v) is 5.83. The van der Waals surface area contributed by atoms with Gasteiger partial charge in [-0.1, -0.05) is 6.08 Å². The van der Waals surface area contributed by atoms with Gasteiger partial charge in [-0.25, -0.2) is 4.79 Å². The minimum atomic E-state index is -0.286. The van der Waals surface area contributed by atoms with Crippen LogP contribution in [0.4, 0.5) is 5.69 Å². The number of nitrogens with one attached hydrogen (secondary N) is 1. The van der Waals surface area contributed by atoms with Gasteiger partial charge in [-0.3, -0.25) is 0 Å². The van der Waals surface area contributed by atoms with Crippen LogP contribution in [0.15, 0.2) is 27.6 Å². The van der Waals surface area contributed by atoms with Crippen molar-refractivity contribution < 1.29 is 4.42 Å². The number of rotatable bonds is 0. The molecule has 3 heteroatoms. The van der Waals surface area contributed by atoms with Crippen LogP contribution in [0, 0.1) is 0 Å². The van der Waals surface area contributed by atoms with E-state index in [2.05, 4.69) is 9.73 Å². The van der Waals surface area contributed by atoms with Crippen LogP contribution in [0.2, 0.25) is 0 Å². The maximum absolute atomic E-state index is 11.0. The highest BCUT2D eigenvalue weighted by molar-refractivity contribution is 5.68. The summed E-state index contributed by atoms with van der Waals surface area (Å²) in [5, 5.41) is 3.06. The summed E-state index contributed by atoms with van der Waals surface area (Å²) in [4.78, 5) is 11.0. The molecule has 0 saturated heterocycles. The van der Waals surface area contributed by atoms with Gasteiger partial charge in [-0.05, 0) is 12.1 Å². The number of fused-ring (bicyclic) bond motifs is 1. The van der Waals surface area contributed by atoms with Gasteiger partial charge in [0.05, 0.1) is 17.5 Å². The first-order valence-corrected chi connectivity index (χ1v) is 3.40. The molecule has 56 valence electrons. The zero-order valence-electron chi connectivity index (χ0n) is 5.83. The molecule has 2 rings (SSSR count). The van der Waals surface area contributed by atoms with Crippen molar-refractivity contribution >= 4 is 11.8 Å². The second kappa shape index (κ2) is 2.27. The van der Waals surface area contributed by atoms with Crippen LogP contribution in [-0.4, -0.2) is 6.54 Å². The summed E-state index contributed by atoms with van der Waals surface area (Å²) in [7, 11) is 0. The molecule has 1 aromatic heterocycles. The molecule has 0 amide bonds. The van der Waals surface area contributed by atoms with Crippen molar-refractivity contribution in [2.75, 3.05) is 11.9 Å². The Balaban J connectivity index is 2.70. The molecule has 0 bridgehead atoms. The van der Waals surface area contributed by atoms with Gasteiger partial charge in [0.25, 0.3) is 0 Å². The van der Waals surface area contributed by atoms with Crippen molar-refractivity contribution in [2.24, 2.45) is 0 Å². The average Bonchev–Trinajstić information content (AvgIpc) is 2.06.